The number of nitrogens with zero attached hydrogens (tertiary/aromatic N) is 3. The maximum Gasteiger partial charge on any atom is 0.254 e. The van der Waals surface area contributed by atoms with Crippen LogP contribution in [0.15, 0.2) is 54.6 Å². The molecule has 0 atom stereocenters. The molecule has 0 saturated carbocycles. The zero-order valence-electron chi connectivity index (χ0n) is 24.0. The predicted octanol–water partition coefficient (Wildman–Crippen LogP) is 7.09. The molecule has 0 radical (unpaired) electrons. The third-order valence-corrected chi connectivity index (χ3v) is 6.66. The highest BCUT2D eigenvalue weighted by Gasteiger charge is 2.23. The Morgan fingerprint density at radius 3 is 2.29 bits per heavy atom. The van der Waals surface area contributed by atoms with E-state index in [4.69, 9.17) is 5.10 Å². The fraction of sp³-hybridized carbons (Fsp3) is 0.469. The van der Waals surface area contributed by atoms with E-state index in [1.165, 1.54) is 5.56 Å². The quantitative estimate of drug-likeness (QED) is 0.261. The average molecular weight is 517 g/mol. The minimum absolute atomic E-state index is 0.00994. The van der Waals surface area contributed by atoms with Crippen LogP contribution in [0.4, 0.5) is 5.82 Å². The van der Waals surface area contributed by atoms with Crippen LogP contribution in [0.5, 0.6) is 0 Å². The van der Waals surface area contributed by atoms with Crippen LogP contribution in [0.1, 0.15) is 93.9 Å². The highest BCUT2D eigenvalue weighted by Crippen LogP contribution is 2.26. The topological polar surface area (TPSA) is 67.2 Å². The van der Waals surface area contributed by atoms with E-state index in [9.17, 15) is 9.59 Å². The van der Waals surface area contributed by atoms with Crippen molar-refractivity contribution >= 4 is 17.6 Å². The third-order valence-electron chi connectivity index (χ3n) is 6.66. The van der Waals surface area contributed by atoms with E-state index in [1.807, 2.05) is 61.5 Å². The number of rotatable bonds is 12. The van der Waals surface area contributed by atoms with E-state index in [-0.39, 0.29) is 23.8 Å². The Bertz CT molecular complexity index is 1200. The van der Waals surface area contributed by atoms with Crippen molar-refractivity contribution in [3.63, 3.8) is 0 Å². The van der Waals surface area contributed by atoms with Gasteiger partial charge >= 0.3 is 0 Å². The lowest BCUT2D eigenvalue weighted by molar-refractivity contribution is -0.117. The van der Waals surface area contributed by atoms with Gasteiger partial charge in [0.1, 0.15) is 12.4 Å². The van der Waals surface area contributed by atoms with Gasteiger partial charge in [-0.05, 0) is 61.6 Å². The number of anilines is 1. The van der Waals surface area contributed by atoms with Crippen LogP contribution in [-0.4, -0.2) is 39.6 Å². The molecule has 0 saturated heterocycles. The number of unbranched alkanes of at least 4 members (excludes halogenated alkanes) is 3. The van der Waals surface area contributed by atoms with Crippen molar-refractivity contribution in [3.05, 3.63) is 77.0 Å². The van der Waals surface area contributed by atoms with Crippen LogP contribution in [0.25, 0.3) is 5.69 Å². The summed E-state index contributed by atoms with van der Waals surface area (Å²) in [6, 6.07) is 17.8. The van der Waals surface area contributed by atoms with Crippen LogP contribution in [-0.2, 0) is 16.6 Å². The second-order valence-corrected chi connectivity index (χ2v) is 11.2. The molecule has 2 amide bonds. The Kier molecular flexibility index (Phi) is 10.3. The summed E-state index contributed by atoms with van der Waals surface area (Å²) in [4.78, 5) is 28.4. The van der Waals surface area contributed by atoms with E-state index >= 15 is 0 Å². The van der Waals surface area contributed by atoms with Gasteiger partial charge in [0.2, 0.25) is 5.91 Å². The molecule has 0 aliphatic heterocycles. The van der Waals surface area contributed by atoms with Gasteiger partial charge in [0.15, 0.2) is 0 Å². The van der Waals surface area contributed by atoms with Gasteiger partial charge in [-0.15, -0.1) is 0 Å². The Morgan fingerprint density at radius 2 is 1.66 bits per heavy atom. The number of hydrogen-bond acceptors (Lipinski definition) is 3. The molecule has 38 heavy (non-hydrogen) atoms. The summed E-state index contributed by atoms with van der Waals surface area (Å²) in [5.74, 6) is 0.260. The van der Waals surface area contributed by atoms with E-state index < -0.39 is 0 Å². The molecule has 0 aliphatic carbocycles. The van der Waals surface area contributed by atoms with Gasteiger partial charge in [0.25, 0.3) is 5.91 Å². The minimum Gasteiger partial charge on any atom is -0.329 e. The number of aryl methyl sites for hydroxylation is 2. The van der Waals surface area contributed by atoms with Gasteiger partial charge < -0.3 is 10.2 Å². The molecular weight excluding hydrogens is 472 g/mol. The van der Waals surface area contributed by atoms with Crippen molar-refractivity contribution < 1.29 is 9.59 Å². The first-order valence-electron chi connectivity index (χ1n) is 14.0. The first kappa shape index (κ1) is 29.2. The summed E-state index contributed by atoms with van der Waals surface area (Å²) in [6.07, 6.45) is 6.20. The van der Waals surface area contributed by atoms with Crippen molar-refractivity contribution in [2.75, 3.05) is 18.4 Å². The minimum atomic E-state index is -0.233. The predicted molar refractivity (Wildman–Crippen MR) is 156 cm³/mol. The molecule has 3 aromatic rings. The van der Waals surface area contributed by atoms with Gasteiger partial charge in [-0.2, -0.15) is 5.10 Å². The molecule has 0 unspecified atom stereocenters. The summed E-state index contributed by atoms with van der Waals surface area (Å²) in [7, 11) is 0. The number of benzene rings is 2. The smallest absolute Gasteiger partial charge is 0.254 e. The largest absolute Gasteiger partial charge is 0.329 e. The van der Waals surface area contributed by atoms with Crippen molar-refractivity contribution in [2.24, 2.45) is 0 Å². The Balaban J connectivity index is 1.81. The van der Waals surface area contributed by atoms with Crippen molar-refractivity contribution in [1.29, 1.82) is 0 Å². The van der Waals surface area contributed by atoms with Crippen molar-refractivity contribution in [2.45, 2.75) is 85.5 Å². The molecule has 6 nitrogen and oxygen atoms in total. The van der Waals surface area contributed by atoms with Gasteiger partial charge in [-0.1, -0.05) is 78.1 Å². The average Bonchev–Trinajstić information content (AvgIpc) is 3.31. The van der Waals surface area contributed by atoms with E-state index in [1.54, 1.807) is 9.58 Å². The summed E-state index contributed by atoms with van der Waals surface area (Å²) < 4.78 is 1.78. The van der Waals surface area contributed by atoms with E-state index in [2.05, 4.69) is 39.9 Å². The second kappa shape index (κ2) is 13.4. The summed E-state index contributed by atoms with van der Waals surface area (Å²) in [6.45, 7) is 13.2. The lowest BCUT2D eigenvalue weighted by atomic mass is 9.92. The number of aromatic nitrogens is 2. The van der Waals surface area contributed by atoms with Crippen LogP contribution in [0.3, 0.4) is 0 Å². The number of carbonyl (C=O) groups is 2. The first-order chi connectivity index (χ1) is 18.1. The lowest BCUT2D eigenvalue weighted by Gasteiger charge is -2.22. The Labute approximate surface area is 228 Å². The highest BCUT2D eigenvalue weighted by atomic mass is 16.2. The van der Waals surface area contributed by atoms with Crippen molar-refractivity contribution in [1.82, 2.24) is 14.7 Å². The van der Waals surface area contributed by atoms with Crippen LogP contribution in [0.2, 0.25) is 0 Å². The fourth-order valence-corrected chi connectivity index (χ4v) is 4.33. The highest BCUT2D eigenvalue weighted by molar-refractivity contribution is 5.99. The third kappa shape index (κ3) is 8.04. The molecule has 0 bridgehead atoms. The normalized spacial score (nSPS) is 11.4. The molecule has 204 valence electrons. The van der Waals surface area contributed by atoms with Gasteiger partial charge in [-0.3, -0.25) is 9.59 Å². The fourth-order valence-electron chi connectivity index (χ4n) is 4.33. The summed E-state index contributed by atoms with van der Waals surface area (Å²) in [5.41, 5.74) is 4.55. The molecule has 3 rings (SSSR count). The van der Waals surface area contributed by atoms with E-state index in [0.29, 0.717) is 17.9 Å². The van der Waals surface area contributed by atoms with Crippen LogP contribution in [0, 0.1) is 6.92 Å². The maximum absolute atomic E-state index is 13.4. The lowest BCUT2D eigenvalue weighted by Crippen LogP contribution is -2.39. The summed E-state index contributed by atoms with van der Waals surface area (Å²) in [5, 5.41) is 7.87. The number of amides is 2. The van der Waals surface area contributed by atoms with Crippen molar-refractivity contribution in [3.8, 4) is 5.69 Å². The van der Waals surface area contributed by atoms with Crippen LogP contribution >= 0.6 is 0 Å². The number of nitrogens with one attached hydrogen (secondary N) is 1. The molecule has 6 heteroatoms. The molecule has 1 heterocycles. The molecule has 0 fully saturated rings. The Hall–Kier alpha value is -3.41. The molecule has 2 aromatic carbocycles. The SMILES string of the molecule is CCCCCN(CC(=O)Nc1cc(C(C)(C)C)nn1-c1cccc(C)c1)C(=O)c1ccc(CCCC)cc1. The number of carbonyl (C=O) groups excluding carboxylic acids is 2. The maximum atomic E-state index is 13.4. The van der Waals surface area contributed by atoms with Gasteiger partial charge in [-0.25, -0.2) is 4.68 Å². The molecular formula is C32H44N4O2. The van der Waals surface area contributed by atoms with Gasteiger partial charge in [0, 0.05) is 23.6 Å². The Morgan fingerprint density at radius 1 is 0.947 bits per heavy atom. The molecule has 0 spiro atoms. The zero-order chi connectivity index (χ0) is 27.7. The molecule has 0 aliphatic rings. The van der Waals surface area contributed by atoms with Gasteiger partial charge in [0.05, 0.1) is 11.4 Å². The molecule has 1 N–H and O–H groups in total. The molecule has 1 aromatic heterocycles. The number of hydrogen-bond donors (Lipinski definition) is 1. The van der Waals surface area contributed by atoms with E-state index in [0.717, 1.165) is 55.5 Å². The van der Waals surface area contributed by atoms with Crippen LogP contribution < -0.4 is 5.32 Å². The standard InChI is InChI=1S/C32H44N4O2/c1-7-9-11-20-35(31(38)26-18-16-25(17-19-26)14-10-8-2)23-30(37)33-29-22-28(32(4,5)6)34-36(29)27-15-12-13-24(3)21-27/h12-13,15-19,21-22H,7-11,14,20,23H2,1-6H3,(H,33,37). The summed E-state index contributed by atoms with van der Waals surface area (Å²) >= 11 is 0. The first-order valence-corrected chi connectivity index (χ1v) is 14.0. The monoisotopic (exact) mass is 516 g/mol. The zero-order valence-corrected chi connectivity index (χ0v) is 24.0. The second-order valence-electron chi connectivity index (χ2n) is 11.2.